The molecular weight excluding hydrogens is 410 g/mol. The van der Waals surface area contributed by atoms with Crippen molar-refractivity contribution in [3.8, 4) is 0 Å². The number of aromatic nitrogens is 4. The molecule has 3 rings (SSSR count). The number of hydrogen-bond donors (Lipinski definition) is 1. The molecule has 3 heterocycles. The van der Waals surface area contributed by atoms with Gasteiger partial charge in [-0.05, 0) is 0 Å². The van der Waals surface area contributed by atoms with Gasteiger partial charge in [0, 0.05) is 27.2 Å². The SMILES string of the molecule is C=CC[C@]1(COC(C)=O)O[C@@H](n2cnc3c(N)ncnc32)C(OC(C)=O)C1OC(C)=O. The molecule has 31 heavy (non-hydrogen) atoms. The van der Waals surface area contributed by atoms with E-state index in [1.807, 2.05) is 0 Å². The van der Waals surface area contributed by atoms with Gasteiger partial charge in [0.05, 0.1) is 6.33 Å². The van der Waals surface area contributed by atoms with Gasteiger partial charge in [0.1, 0.15) is 24.1 Å². The smallest absolute Gasteiger partial charge is 0.303 e. The monoisotopic (exact) mass is 433 g/mol. The summed E-state index contributed by atoms with van der Waals surface area (Å²) in [6, 6.07) is 0. The van der Waals surface area contributed by atoms with Crippen LogP contribution in [0.25, 0.3) is 11.2 Å². The third kappa shape index (κ3) is 4.33. The average molecular weight is 433 g/mol. The maximum absolute atomic E-state index is 11.9. The first kappa shape index (κ1) is 22.2. The van der Waals surface area contributed by atoms with E-state index in [4.69, 9.17) is 24.7 Å². The van der Waals surface area contributed by atoms with Gasteiger partial charge in [-0.2, -0.15) is 0 Å². The second-order valence-electron chi connectivity index (χ2n) is 7.03. The van der Waals surface area contributed by atoms with E-state index < -0.39 is 41.9 Å². The Hall–Kier alpha value is -3.54. The Labute approximate surface area is 177 Å². The summed E-state index contributed by atoms with van der Waals surface area (Å²) in [5, 5.41) is 0. The summed E-state index contributed by atoms with van der Waals surface area (Å²) in [4.78, 5) is 47.6. The van der Waals surface area contributed by atoms with Crippen molar-refractivity contribution in [3.63, 3.8) is 0 Å². The molecule has 1 aliphatic heterocycles. The Bertz CT molecular complexity index is 1020. The molecule has 0 radical (unpaired) electrons. The van der Waals surface area contributed by atoms with Gasteiger partial charge in [-0.1, -0.05) is 6.08 Å². The molecule has 0 spiro atoms. The summed E-state index contributed by atoms with van der Waals surface area (Å²) in [7, 11) is 0. The van der Waals surface area contributed by atoms with E-state index in [1.165, 1.54) is 44.1 Å². The van der Waals surface area contributed by atoms with Crippen molar-refractivity contribution in [3.05, 3.63) is 25.3 Å². The maximum Gasteiger partial charge on any atom is 0.303 e. The lowest BCUT2D eigenvalue weighted by Crippen LogP contribution is -2.50. The molecule has 1 aliphatic rings. The fourth-order valence-electron chi connectivity index (χ4n) is 3.57. The van der Waals surface area contributed by atoms with Crippen LogP contribution in [0.1, 0.15) is 33.4 Å². The highest BCUT2D eigenvalue weighted by atomic mass is 16.7. The molecule has 2 aromatic heterocycles. The Morgan fingerprint density at radius 2 is 1.90 bits per heavy atom. The van der Waals surface area contributed by atoms with Crippen LogP contribution < -0.4 is 5.73 Å². The highest BCUT2D eigenvalue weighted by molar-refractivity contribution is 5.81. The minimum Gasteiger partial charge on any atom is -0.463 e. The summed E-state index contributed by atoms with van der Waals surface area (Å²) < 4.78 is 24.0. The Morgan fingerprint density at radius 3 is 2.52 bits per heavy atom. The van der Waals surface area contributed by atoms with E-state index in [-0.39, 0.29) is 18.8 Å². The van der Waals surface area contributed by atoms with Gasteiger partial charge in [-0.15, -0.1) is 6.58 Å². The zero-order chi connectivity index (χ0) is 22.8. The molecule has 166 valence electrons. The van der Waals surface area contributed by atoms with Gasteiger partial charge in [0.2, 0.25) is 0 Å². The van der Waals surface area contributed by atoms with Crippen LogP contribution in [0.2, 0.25) is 0 Å². The van der Waals surface area contributed by atoms with Crippen molar-refractivity contribution < 1.29 is 33.3 Å². The Balaban J connectivity index is 2.15. The van der Waals surface area contributed by atoms with Crippen LogP contribution in [0.5, 0.6) is 0 Å². The minimum atomic E-state index is -1.38. The highest BCUT2D eigenvalue weighted by Gasteiger charge is 2.60. The quantitative estimate of drug-likeness (QED) is 0.372. The van der Waals surface area contributed by atoms with Crippen molar-refractivity contribution in [1.82, 2.24) is 19.5 Å². The molecular formula is C19H23N5O7. The molecule has 12 nitrogen and oxygen atoms in total. The maximum atomic E-state index is 11.9. The van der Waals surface area contributed by atoms with Crippen LogP contribution in [0.15, 0.2) is 25.3 Å². The van der Waals surface area contributed by atoms with Gasteiger partial charge in [-0.25, -0.2) is 15.0 Å². The number of rotatable bonds is 7. The van der Waals surface area contributed by atoms with Gasteiger partial charge in [0.25, 0.3) is 0 Å². The summed E-state index contributed by atoms with van der Waals surface area (Å²) >= 11 is 0. The molecule has 1 fully saturated rings. The normalized spacial score (nSPS) is 25.2. The molecule has 2 N–H and O–H groups in total. The lowest BCUT2D eigenvalue weighted by molar-refractivity contribution is -0.177. The van der Waals surface area contributed by atoms with Crippen molar-refractivity contribution in [2.24, 2.45) is 0 Å². The van der Waals surface area contributed by atoms with Gasteiger partial charge < -0.3 is 24.7 Å². The van der Waals surface area contributed by atoms with Gasteiger partial charge in [0.15, 0.2) is 29.9 Å². The fourth-order valence-corrected chi connectivity index (χ4v) is 3.57. The zero-order valence-electron chi connectivity index (χ0n) is 17.3. The summed E-state index contributed by atoms with van der Waals surface area (Å²) in [6.45, 7) is 7.11. The highest BCUT2D eigenvalue weighted by Crippen LogP contribution is 2.44. The molecule has 0 aliphatic carbocycles. The summed E-state index contributed by atoms with van der Waals surface area (Å²) in [5.41, 5.74) is 5.12. The van der Waals surface area contributed by atoms with Crippen LogP contribution in [-0.4, -0.2) is 61.8 Å². The van der Waals surface area contributed by atoms with Crippen molar-refractivity contribution >= 4 is 34.9 Å². The number of nitrogens with two attached hydrogens (primary N) is 1. The van der Waals surface area contributed by atoms with Crippen LogP contribution in [0.4, 0.5) is 5.82 Å². The van der Waals surface area contributed by atoms with Crippen molar-refractivity contribution in [1.29, 1.82) is 0 Å². The number of ether oxygens (including phenoxy) is 4. The van der Waals surface area contributed by atoms with E-state index in [9.17, 15) is 14.4 Å². The first-order valence-electron chi connectivity index (χ1n) is 9.38. The van der Waals surface area contributed by atoms with Crippen LogP contribution in [-0.2, 0) is 33.3 Å². The van der Waals surface area contributed by atoms with Gasteiger partial charge in [-0.3, -0.25) is 19.0 Å². The molecule has 12 heteroatoms. The third-order valence-electron chi connectivity index (χ3n) is 4.72. The number of nitrogens with zero attached hydrogens (tertiary/aromatic N) is 4. The van der Waals surface area contributed by atoms with E-state index in [2.05, 4.69) is 21.5 Å². The third-order valence-corrected chi connectivity index (χ3v) is 4.72. The first-order valence-corrected chi connectivity index (χ1v) is 9.38. The molecule has 0 aromatic carbocycles. The predicted octanol–water partition coefficient (Wildman–Crippen LogP) is 0.679. The van der Waals surface area contributed by atoms with Gasteiger partial charge >= 0.3 is 17.9 Å². The molecule has 2 unspecified atom stereocenters. The van der Waals surface area contributed by atoms with Crippen molar-refractivity contribution in [2.75, 3.05) is 12.3 Å². The topological polar surface area (TPSA) is 158 Å². The second-order valence-corrected chi connectivity index (χ2v) is 7.03. The van der Waals surface area contributed by atoms with E-state index >= 15 is 0 Å². The molecule has 0 saturated carbocycles. The second kappa shape index (κ2) is 8.68. The number of carbonyl (C=O) groups is 3. The number of imidazole rings is 1. The molecule has 0 amide bonds. The largest absolute Gasteiger partial charge is 0.463 e. The lowest BCUT2D eigenvalue weighted by atomic mass is 9.92. The standard InChI is InChI=1S/C19H23N5O7/c1-5-6-19(7-28-10(2)25)15(30-12(4)27)14(29-11(3)26)18(31-19)24-9-23-13-16(20)21-8-22-17(13)24/h5,8-9,14-15,18H,1,6-7H2,2-4H3,(H2,20,21,22)/t14?,15?,18-,19-/m1/s1. The van der Waals surface area contributed by atoms with E-state index in [1.54, 1.807) is 0 Å². The van der Waals surface area contributed by atoms with Crippen LogP contribution in [0, 0.1) is 0 Å². The first-order chi connectivity index (χ1) is 14.7. The zero-order valence-corrected chi connectivity index (χ0v) is 17.3. The molecule has 4 atom stereocenters. The number of nitrogen functional groups attached to an aromatic ring is 1. The van der Waals surface area contributed by atoms with Crippen molar-refractivity contribution in [2.45, 2.75) is 51.2 Å². The lowest BCUT2D eigenvalue weighted by Gasteiger charge is -2.32. The molecule has 1 saturated heterocycles. The number of carbonyl (C=O) groups excluding carboxylic acids is 3. The Morgan fingerprint density at radius 1 is 1.19 bits per heavy atom. The number of esters is 3. The fraction of sp³-hybridized carbons (Fsp3) is 0.474. The number of hydrogen-bond acceptors (Lipinski definition) is 11. The van der Waals surface area contributed by atoms with E-state index in [0.29, 0.717) is 11.2 Å². The van der Waals surface area contributed by atoms with Crippen LogP contribution in [0.3, 0.4) is 0 Å². The minimum absolute atomic E-state index is 0.121. The predicted molar refractivity (Wildman–Crippen MR) is 105 cm³/mol. The molecule has 0 bridgehead atoms. The number of fused-ring (bicyclic) bond motifs is 1. The molecule has 2 aromatic rings. The number of anilines is 1. The van der Waals surface area contributed by atoms with E-state index in [0.717, 1.165) is 0 Å². The Kier molecular flexibility index (Phi) is 6.20. The summed E-state index contributed by atoms with van der Waals surface area (Å²) in [5.74, 6) is -1.67. The average Bonchev–Trinajstić information content (AvgIpc) is 3.22. The summed E-state index contributed by atoms with van der Waals surface area (Å²) in [6.07, 6.45) is 1.06. The van der Waals surface area contributed by atoms with Crippen LogP contribution >= 0.6 is 0 Å².